The van der Waals surface area contributed by atoms with E-state index in [9.17, 15) is 4.79 Å². The number of anilines is 1. The molecule has 19 heavy (non-hydrogen) atoms. The number of halogens is 1. The highest BCUT2D eigenvalue weighted by molar-refractivity contribution is 9.10. The van der Waals surface area contributed by atoms with Gasteiger partial charge in [0.05, 0.1) is 5.69 Å². The van der Waals surface area contributed by atoms with Gasteiger partial charge in [0, 0.05) is 17.4 Å². The standard InChI is InChI=1S/C15H23BrN2O/c1-3-4-5-9-17-10-8-15(19)18-14-7-6-12(2)11-13(14)16/h6-7,11,17H,3-5,8-10H2,1-2H3,(H,18,19). The molecule has 2 N–H and O–H groups in total. The van der Waals surface area contributed by atoms with Crippen LogP contribution in [0.1, 0.15) is 38.2 Å². The third-order valence-electron chi connectivity index (χ3n) is 2.88. The maximum absolute atomic E-state index is 11.8. The van der Waals surface area contributed by atoms with Crippen LogP contribution < -0.4 is 10.6 Å². The quantitative estimate of drug-likeness (QED) is 0.712. The van der Waals surface area contributed by atoms with Gasteiger partial charge in [0.25, 0.3) is 0 Å². The zero-order chi connectivity index (χ0) is 14.1. The fourth-order valence-corrected chi connectivity index (χ4v) is 2.35. The van der Waals surface area contributed by atoms with E-state index in [-0.39, 0.29) is 5.91 Å². The van der Waals surface area contributed by atoms with Crippen LogP contribution in [0.3, 0.4) is 0 Å². The molecule has 1 aromatic carbocycles. The first-order valence-corrected chi connectivity index (χ1v) is 7.69. The summed E-state index contributed by atoms with van der Waals surface area (Å²) >= 11 is 3.46. The van der Waals surface area contributed by atoms with Gasteiger partial charge in [0.15, 0.2) is 0 Å². The van der Waals surface area contributed by atoms with Gasteiger partial charge < -0.3 is 10.6 Å². The summed E-state index contributed by atoms with van der Waals surface area (Å²) in [4.78, 5) is 11.8. The van der Waals surface area contributed by atoms with E-state index in [1.807, 2.05) is 25.1 Å². The van der Waals surface area contributed by atoms with Crippen LogP contribution >= 0.6 is 15.9 Å². The summed E-state index contributed by atoms with van der Waals surface area (Å²) in [5.41, 5.74) is 2.00. The molecule has 1 aromatic rings. The van der Waals surface area contributed by atoms with Crippen molar-refractivity contribution in [3.05, 3.63) is 28.2 Å². The molecule has 0 atom stereocenters. The lowest BCUT2D eigenvalue weighted by Crippen LogP contribution is -2.22. The fourth-order valence-electron chi connectivity index (χ4n) is 1.76. The molecule has 0 heterocycles. The van der Waals surface area contributed by atoms with E-state index in [4.69, 9.17) is 0 Å². The van der Waals surface area contributed by atoms with Crippen LogP contribution in [0.2, 0.25) is 0 Å². The lowest BCUT2D eigenvalue weighted by Gasteiger charge is -2.08. The summed E-state index contributed by atoms with van der Waals surface area (Å²) in [7, 11) is 0. The molecule has 3 nitrogen and oxygen atoms in total. The molecule has 0 spiro atoms. The summed E-state index contributed by atoms with van der Waals surface area (Å²) in [5, 5.41) is 6.20. The predicted molar refractivity (Wildman–Crippen MR) is 84.5 cm³/mol. The Morgan fingerprint density at radius 1 is 1.26 bits per heavy atom. The first-order valence-electron chi connectivity index (χ1n) is 6.90. The fraction of sp³-hybridized carbons (Fsp3) is 0.533. The van der Waals surface area contributed by atoms with Crippen molar-refractivity contribution in [2.24, 2.45) is 0 Å². The molecule has 0 aliphatic rings. The highest BCUT2D eigenvalue weighted by Gasteiger charge is 2.05. The number of carbonyl (C=O) groups is 1. The molecule has 0 aromatic heterocycles. The van der Waals surface area contributed by atoms with Gasteiger partial charge in [-0.3, -0.25) is 4.79 Å². The second-order valence-electron chi connectivity index (χ2n) is 4.74. The molecule has 0 unspecified atom stereocenters. The average Bonchev–Trinajstić information content (AvgIpc) is 2.37. The highest BCUT2D eigenvalue weighted by atomic mass is 79.9. The van der Waals surface area contributed by atoms with E-state index in [1.54, 1.807) is 0 Å². The highest BCUT2D eigenvalue weighted by Crippen LogP contribution is 2.23. The molecule has 0 saturated carbocycles. The van der Waals surface area contributed by atoms with Crippen LogP contribution in [0.4, 0.5) is 5.69 Å². The van der Waals surface area contributed by atoms with Crippen molar-refractivity contribution < 1.29 is 4.79 Å². The Morgan fingerprint density at radius 2 is 2.05 bits per heavy atom. The van der Waals surface area contributed by atoms with Crippen LogP contribution in [-0.2, 0) is 4.79 Å². The SMILES string of the molecule is CCCCCNCCC(=O)Nc1ccc(C)cc1Br. The lowest BCUT2D eigenvalue weighted by molar-refractivity contribution is -0.116. The Hall–Kier alpha value is -0.870. The van der Waals surface area contributed by atoms with E-state index in [2.05, 4.69) is 33.5 Å². The number of amides is 1. The van der Waals surface area contributed by atoms with Crippen molar-refractivity contribution in [3.8, 4) is 0 Å². The van der Waals surface area contributed by atoms with Crippen molar-refractivity contribution in [1.29, 1.82) is 0 Å². The maximum Gasteiger partial charge on any atom is 0.225 e. The molecule has 0 radical (unpaired) electrons. The number of rotatable bonds is 8. The first kappa shape index (κ1) is 16.2. The van der Waals surface area contributed by atoms with Crippen molar-refractivity contribution in [3.63, 3.8) is 0 Å². The zero-order valence-electron chi connectivity index (χ0n) is 11.8. The summed E-state index contributed by atoms with van der Waals surface area (Å²) in [5.74, 6) is 0.0487. The van der Waals surface area contributed by atoms with Crippen molar-refractivity contribution in [2.75, 3.05) is 18.4 Å². The number of carbonyl (C=O) groups excluding carboxylic acids is 1. The number of nitrogens with one attached hydrogen (secondary N) is 2. The molecule has 106 valence electrons. The van der Waals surface area contributed by atoms with Gasteiger partial charge in [-0.05, 0) is 53.5 Å². The molecule has 0 aliphatic heterocycles. The van der Waals surface area contributed by atoms with Crippen LogP contribution in [0, 0.1) is 6.92 Å². The summed E-state index contributed by atoms with van der Waals surface area (Å²) in [6, 6.07) is 5.91. The molecular weight excluding hydrogens is 304 g/mol. The molecule has 0 aliphatic carbocycles. The van der Waals surface area contributed by atoms with Crippen molar-refractivity contribution in [1.82, 2.24) is 5.32 Å². The molecule has 1 rings (SSSR count). The van der Waals surface area contributed by atoms with Crippen LogP contribution in [0.25, 0.3) is 0 Å². The number of benzene rings is 1. The molecule has 0 bridgehead atoms. The number of hydrogen-bond donors (Lipinski definition) is 2. The van der Waals surface area contributed by atoms with Gasteiger partial charge in [0.1, 0.15) is 0 Å². The minimum Gasteiger partial charge on any atom is -0.325 e. The van der Waals surface area contributed by atoms with Crippen LogP contribution in [0.15, 0.2) is 22.7 Å². The Morgan fingerprint density at radius 3 is 2.74 bits per heavy atom. The largest absolute Gasteiger partial charge is 0.325 e. The Labute approximate surface area is 124 Å². The van der Waals surface area contributed by atoms with E-state index in [0.29, 0.717) is 6.42 Å². The van der Waals surface area contributed by atoms with E-state index in [1.165, 1.54) is 24.8 Å². The number of aryl methyl sites for hydroxylation is 1. The third kappa shape index (κ3) is 6.73. The Bertz CT molecular complexity index is 407. The zero-order valence-corrected chi connectivity index (χ0v) is 13.3. The van der Waals surface area contributed by atoms with E-state index in [0.717, 1.165) is 23.2 Å². The minimum atomic E-state index is 0.0487. The number of unbranched alkanes of at least 4 members (excludes halogenated alkanes) is 2. The van der Waals surface area contributed by atoms with Gasteiger partial charge >= 0.3 is 0 Å². The molecule has 0 saturated heterocycles. The van der Waals surface area contributed by atoms with E-state index < -0.39 is 0 Å². The Kier molecular flexibility index (Phi) is 7.75. The van der Waals surface area contributed by atoms with Gasteiger partial charge in [-0.25, -0.2) is 0 Å². The van der Waals surface area contributed by atoms with Gasteiger partial charge in [-0.2, -0.15) is 0 Å². The third-order valence-corrected chi connectivity index (χ3v) is 3.54. The van der Waals surface area contributed by atoms with Crippen molar-refractivity contribution >= 4 is 27.5 Å². The van der Waals surface area contributed by atoms with Crippen LogP contribution in [0.5, 0.6) is 0 Å². The molecule has 4 heteroatoms. The van der Waals surface area contributed by atoms with Gasteiger partial charge in [-0.1, -0.05) is 25.8 Å². The summed E-state index contributed by atoms with van der Waals surface area (Å²) in [6.07, 6.45) is 4.16. The molecular formula is C15H23BrN2O. The van der Waals surface area contributed by atoms with Gasteiger partial charge in [0.2, 0.25) is 5.91 Å². The van der Waals surface area contributed by atoms with Crippen LogP contribution in [-0.4, -0.2) is 19.0 Å². The van der Waals surface area contributed by atoms with E-state index >= 15 is 0 Å². The lowest BCUT2D eigenvalue weighted by atomic mass is 10.2. The molecule has 0 fully saturated rings. The molecule has 1 amide bonds. The minimum absolute atomic E-state index is 0.0487. The topological polar surface area (TPSA) is 41.1 Å². The second kappa shape index (κ2) is 9.10. The van der Waals surface area contributed by atoms with Gasteiger partial charge in [-0.15, -0.1) is 0 Å². The maximum atomic E-state index is 11.8. The smallest absolute Gasteiger partial charge is 0.225 e. The monoisotopic (exact) mass is 326 g/mol. The second-order valence-corrected chi connectivity index (χ2v) is 5.59. The normalized spacial score (nSPS) is 10.5. The Balaban J connectivity index is 2.23. The summed E-state index contributed by atoms with van der Waals surface area (Å²) in [6.45, 7) is 5.94. The predicted octanol–water partition coefficient (Wildman–Crippen LogP) is 3.87. The number of hydrogen-bond acceptors (Lipinski definition) is 2. The average molecular weight is 327 g/mol. The van der Waals surface area contributed by atoms with Crippen molar-refractivity contribution in [2.45, 2.75) is 39.5 Å². The first-order chi connectivity index (χ1) is 9.13. The summed E-state index contributed by atoms with van der Waals surface area (Å²) < 4.78 is 0.928.